The number of anilines is 1. The van der Waals surface area contributed by atoms with Crippen LogP contribution >= 0.6 is 15.9 Å². The first-order valence-corrected chi connectivity index (χ1v) is 9.87. The van der Waals surface area contributed by atoms with Gasteiger partial charge in [0.25, 0.3) is 5.69 Å². The van der Waals surface area contributed by atoms with Gasteiger partial charge in [-0.05, 0) is 32.1 Å². The SMILES string of the molecule is CO[C@H]1CN(C(=O)OC(C)(C)C)C[C@@H]1Nc1c(-c2nn[nH]n2)cc(Br)cc1[N+](=O)[O-]. The number of benzene rings is 1. The van der Waals surface area contributed by atoms with Gasteiger partial charge in [0.2, 0.25) is 5.82 Å². The molecular weight excluding hydrogens is 462 g/mol. The molecule has 1 fully saturated rings. The van der Waals surface area contributed by atoms with Gasteiger partial charge >= 0.3 is 6.09 Å². The Morgan fingerprint density at radius 1 is 1.40 bits per heavy atom. The number of hydrogen-bond acceptors (Lipinski definition) is 9. The number of aromatic nitrogens is 4. The van der Waals surface area contributed by atoms with E-state index in [1.54, 1.807) is 26.8 Å². The highest BCUT2D eigenvalue weighted by atomic mass is 79.9. The Morgan fingerprint density at radius 3 is 2.70 bits per heavy atom. The molecule has 162 valence electrons. The number of methoxy groups -OCH3 is 1. The zero-order valence-electron chi connectivity index (χ0n) is 16.9. The Hall–Kier alpha value is -2.80. The number of nitro groups is 1. The highest BCUT2D eigenvalue weighted by Crippen LogP contribution is 2.38. The number of halogens is 1. The number of carbonyl (C=O) groups excluding carboxylic acids is 1. The van der Waals surface area contributed by atoms with Crippen LogP contribution in [0.25, 0.3) is 11.4 Å². The molecule has 0 bridgehead atoms. The van der Waals surface area contributed by atoms with Crippen molar-refractivity contribution in [3.63, 3.8) is 0 Å². The van der Waals surface area contributed by atoms with Crippen LogP contribution in [0.1, 0.15) is 20.8 Å². The van der Waals surface area contributed by atoms with E-state index in [-0.39, 0.29) is 30.3 Å². The molecule has 1 aromatic heterocycles. The number of nitrogens with zero attached hydrogens (tertiary/aromatic N) is 5. The van der Waals surface area contributed by atoms with E-state index in [9.17, 15) is 14.9 Å². The van der Waals surface area contributed by atoms with Crippen molar-refractivity contribution in [2.45, 2.75) is 38.5 Å². The van der Waals surface area contributed by atoms with Gasteiger partial charge in [-0.1, -0.05) is 15.9 Å². The summed E-state index contributed by atoms with van der Waals surface area (Å²) < 4.78 is 11.4. The quantitative estimate of drug-likeness (QED) is 0.482. The minimum atomic E-state index is -0.637. The fraction of sp³-hybridized carbons (Fsp3) is 0.529. The Balaban J connectivity index is 1.93. The highest BCUT2D eigenvalue weighted by Gasteiger charge is 2.39. The molecule has 1 aliphatic rings. The number of tetrazole rings is 1. The van der Waals surface area contributed by atoms with E-state index in [1.165, 1.54) is 18.1 Å². The van der Waals surface area contributed by atoms with Crippen molar-refractivity contribution in [3.8, 4) is 11.4 Å². The van der Waals surface area contributed by atoms with Crippen LogP contribution in [0.5, 0.6) is 0 Å². The lowest BCUT2D eigenvalue weighted by Crippen LogP contribution is -2.36. The third-order valence-electron chi connectivity index (χ3n) is 4.42. The minimum Gasteiger partial charge on any atom is -0.444 e. The van der Waals surface area contributed by atoms with Gasteiger partial charge in [-0.3, -0.25) is 10.1 Å². The number of hydrogen-bond donors (Lipinski definition) is 2. The normalized spacial score (nSPS) is 19.0. The van der Waals surface area contributed by atoms with E-state index in [2.05, 4.69) is 41.9 Å². The third-order valence-corrected chi connectivity index (χ3v) is 4.87. The van der Waals surface area contributed by atoms with Gasteiger partial charge in [0, 0.05) is 24.2 Å². The molecule has 12 nitrogen and oxygen atoms in total. The minimum absolute atomic E-state index is 0.172. The number of aromatic amines is 1. The molecule has 0 saturated carbocycles. The van der Waals surface area contributed by atoms with Crippen molar-refractivity contribution in [2.24, 2.45) is 0 Å². The summed E-state index contributed by atoms with van der Waals surface area (Å²) in [5, 5.41) is 28.6. The zero-order chi connectivity index (χ0) is 22.1. The summed E-state index contributed by atoms with van der Waals surface area (Å²) in [4.78, 5) is 25.2. The Labute approximate surface area is 180 Å². The van der Waals surface area contributed by atoms with Crippen LogP contribution in [0.2, 0.25) is 0 Å². The predicted octanol–water partition coefficient (Wildman–Crippen LogP) is 2.58. The molecule has 3 rings (SSSR count). The number of nitro benzene ring substituents is 1. The molecule has 0 aliphatic carbocycles. The Bertz CT molecular complexity index is 931. The Kier molecular flexibility index (Phi) is 6.22. The van der Waals surface area contributed by atoms with Gasteiger partial charge in [0.05, 0.1) is 29.2 Å². The molecule has 1 saturated heterocycles. The fourth-order valence-corrected chi connectivity index (χ4v) is 3.60. The third kappa shape index (κ3) is 4.84. The van der Waals surface area contributed by atoms with Crippen molar-refractivity contribution in [1.29, 1.82) is 0 Å². The molecule has 1 amide bonds. The van der Waals surface area contributed by atoms with Crippen molar-refractivity contribution in [2.75, 3.05) is 25.5 Å². The van der Waals surface area contributed by atoms with E-state index in [1.807, 2.05) is 0 Å². The maximum absolute atomic E-state index is 12.5. The van der Waals surface area contributed by atoms with Gasteiger partial charge in [0.1, 0.15) is 11.3 Å². The van der Waals surface area contributed by atoms with Crippen LogP contribution < -0.4 is 5.32 Å². The van der Waals surface area contributed by atoms with Crippen LogP contribution in [0, 0.1) is 10.1 Å². The molecule has 0 unspecified atom stereocenters. The second-order valence-corrected chi connectivity index (χ2v) is 8.67. The maximum atomic E-state index is 12.5. The molecule has 30 heavy (non-hydrogen) atoms. The van der Waals surface area contributed by atoms with Crippen LogP contribution in [0.15, 0.2) is 16.6 Å². The number of amides is 1. The maximum Gasteiger partial charge on any atom is 0.410 e. The number of carbonyl (C=O) groups is 1. The summed E-state index contributed by atoms with van der Waals surface area (Å²) in [5.41, 5.74) is -0.214. The number of rotatable bonds is 5. The molecule has 1 aromatic carbocycles. The largest absolute Gasteiger partial charge is 0.444 e. The first kappa shape index (κ1) is 21.9. The summed E-state index contributed by atoms with van der Waals surface area (Å²) in [7, 11) is 1.52. The second kappa shape index (κ2) is 8.52. The van der Waals surface area contributed by atoms with E-state index < -0.39 is 28.8 Å². The molecule has 2 atom stereocenters. The Morgan fingerprint density at radius 2 is 2.13 bits per heavy atom. The number of likely N-dealkylation sites (tertiary alicyclic amines) is 1. The number of nitrogens with one attached hydrogen (secondary N) is 2. The summed E-state index contributed by atoms with van der Waals surface area (Å²) in [6.45, 7) is 5.88. The lowest BCUT2D eigenvalue weighted by atomic mass is 10.1. The van der Waals surface area contributed by atoms with Gasteiger partial charge in [-0.2, -0.15) is 5.21 Å². The van der Waals surface area contributed by atoms with Crippen LogP contribution in [-0.2, 0) is 9.47 Å². The first-order valence-electron chi connectivity index (χ1n) is 9.08. The second-order valence-electron chi connectivity index (χ2n) is 7.75. The topological polar surface area (TPSA) is 148 Å². The first-order chi connectivity index (χ1) is 14.1. The van der Waals surface area contributed by atoms with Gasteiger partial charge in [-0.25, -0.2) is 4.79 Å². The van der Waals surface area contributed by atoms with E-state index in [0.717, 1.165) is 0 Å². The molecule has 13 heteroatoms. The summed E-state index contributed by atoms with van der Waals surface area (Å²) >= 11 is 3.28. The average Bonchev–Trinajstić information content (AvgIpc) is 3.31. The number of H-pyrrole nitrogens is 1. The van der Waals surface area contributed by atoms with E-state index in [0.29, 0.717) is 10.0 Å². The molecule has 2 heterocycles. The van der Waals surface area contributed by atoms with Crippen LogP contribution in [0.3, 0.4) is 0 Å². The van der Waals surface area contributed by atoms with Crippen LogP contribution in [0.4, 0.5) is 16.2 Å². The monoisotopic (exact) mass is 483 g/mol. The molecular formula is C17H22BrN7O5. The molecule has 1 aliphatic heterocycles. The van der Waals surface area contributed by atoms with Gasteiger partial charge in [-0.15, -0.1) is 10.2 Å². The molecule has 0 spiro atoms. The predicted molar refractivity (Wildman–Crippen MR) is 110 cm³/mol. The van der Waals surface area contributed by atoms with Crippen molar-refractivity contribution in [1.82, 2.24) is 25.5 Å². The van der Waals surface area contributed by atoms with Crippen molar-refractivity contribution < 1.29 is 19.2 Å². The van der Waals surface area contributed by atoms with Gasteiger partial charge < -0.3 is 19.7 Å². The van der Waals surface area contributed by atoms with Gasteiger partial charge in [0.15, 0.2) is 0 Å². The summed E-state index contributed by atoms with van der Waals surface area (Å²) in [5.74, 6) is 0.192. The molecule has 2 N–H and O–H groups in total. The highest BCUT2D eigenvalue weighted by molar-refractivity contribution is 9.10. The van der Waals surface area contributed by atoms with Crippen molar-refractivity contribution in [3.05, 3.63) is 26.7 Å². The smallest absolute Gasteiger partial charge is 0.410 e. The zero-order valence-corrected chi connectivity index (χ0v) is 18.5. The fourth-order valence-electron chi connectivity index (χ4n) is 3.15. The number of ether oxygens (including phenoxy) is 2. The summed E-state index contributed by atoms with van der Waals surface area (Å²) in [6, 6.07) is 2.62. The lowest BCUT2D eigenvalue weighted by Gasteiger charge is -2.24. The standard InChI is InChI=1S/C17H22BrN7O5/c1-17(2,3)30-16(26)24-7-11(13(8-24)29-4)19-14-10(15-20-22-23-21-15)5-9(18)6-12(14)25(27)28/h5-6,11,13,19H,7-8H2,1-4H3,(H,20,21,22,23)/t11-,13-/m0/s1. The van der Waals surface area contributed by atoms with Crippen molar-refractivity contribution >= 4 is 33.4 Å². The van der Waals surface area contributed by atoms with E-state index >= 15 is 0 Å². The molecule has 0 radical (unpaired) electrons. The van der Waals surface area contributed by atoms with Crippen LogP contribution in [-0.4, -0.2) is 74.5 Å². The summed E-state index contributed by atoms with van der Waals surface area (Å²) in [6.07, 6.45) is -0.878. The molecule has 2 aromatic rings. The van der Waals surface area contributed by atoms with E-state index in [4.69, 9.17) is 9.47 Å². The average molecular weight is 484 g/mol. The lowest BCUT2D eigenvalue weighted by molar-refractivity contribution is -0.384.